The average Bonchev–Trinajstić information content (AvgIpc) is 3.52. The minimum Gasteiger partial charge on any atom is -0.504 e. The number of thiazole rings is 1. The maximum Gasteiger partial charge on any atom is 0.305 e. The van der Waals surface area contributed by atoms with Gasteiger partial charge in [-0.05, 0) is 41.9 Å². The van der Waals surface area contributed by atoms with Crippen LogP contribution < -0.4 is 9.61 Å². The molecule has 34 heavy (non-hydrogen) atoms. The van der Waals surface area contributed by atoms with Crippen molar-refractivity contribution >= 4 is 40.9 Å². The molecule has 1 aromatic carbocycles. The Morgan fingerprint density at radius 1 is 1.21 bits per heavy atom. The second-order valence-electron chi connectivity index (χ2n) is 9.36. The normalized spacial score (nSPS) is 33.1. The van der Waals surface area contributed by atoms with E-state index in [1.54, 1.807) is 23.9 Å². The van der Waals surface area contributed by atoms with Gasteiger partial charge in [-0.15, -0.1) is 11.8 Å². The fraction of sp³-hybridized carbons (Fsp3) is 0.478. The van der Waals surface area contributed by atoms with E-state index in [-0.39, 0.29) is 64.3 Å². The van der Waals surface area contributed by atoms with Crippen molar-refractivity contribution in [1.82, 2.24) is 9.88 Å². The number of fused-ring (bicyclic) bond motifs is 9. The summed E-state index contributed by atoms with van der Waals surface area (Å²) in [5, 5.41) is 20.0. The number of carbonyl (C=O) groups is 3. The maximum atomic E-state index is 13.3. The summed E-state index contributed by atoms with van der Waals surface area (Å²) in [6.45, 7) is -0.0961. The standard InChI is InChI=1S/C23H22N2O7S2/c1-32-12-6-8(2-3-11(12)26)14-15-9-7-10(18(15)33-20-19(14)34-23(31)24-20)17-16(9)21(29)25(22(17)30)5-4-13(27)28/h2-3,6,9-10,14-18,26H,4-5,7H2,1H3,(H,24,31)(H,27,28)/t9-,10+,14+,15-,16+,17+,18-/m1/s1. The van der Waals surface area contributed by atoms with Gasteiger partial charge >= 0.3 is 10.8 Å². The zero-order valence-corrected chi connectivity index (χ0v) is 19.7. The Morgan fingerprint density at radius 3 is 2.65 bits per heavy atom. The molecule has 2 aliphatic carbocycles. The molecule has 7 atom stereocenters. The molecule has 2 aromatic rings. The summed E-state index contributed by atoms with van der Waals surface area (Å²) in [4.78, 5) is 54.7. The second kappa shape index (κ2) is 7.61. The number of nitrogens with one attached hydrogen (secondary N) is 1. The number of carboxylic acid groups (broad SMARTS) is 1. The fourth-order valence-corrected chi connectivity index (χ4v) is 9.66. The Balaban J connectivity index is 1.42. The zero-order chi connectivity index (χ0) is 23.9. The molecule has 2 bridgehead atoms. The highest BCUT2D eigenvalue weighted by Gasteiger charge is 2.69. The first-order chi connectivity index (χ1) is 16.3. The van der Waals surface area contributed by atoms with Crippen LogP contribution in [0.15, 0.2) is 28.0 Å². The summed E-state index contributed by atoms with van der Waals surface area (Å²) in [6.07, 6.45) is 0.495. The van der Waals surface area contributed by atoms with Gasteiger partial charge in [-0.2, -0.15) is 0 Å². The minimum atomic E-state index is -1.04. The number of likely N-dealkylation sites (tertiary alicyclic amines) is 1. The van der Waals surface area contributed by atoms with E-state index >= 15 is 0 Å². The van der Waals surface area contributed by atoms with E-state index in [9.17, 15) is 24.3 Å². The van der Waals surface area contributed by atoms with Gasteiger partial charge in [-0.3, -0.25) is 24.1 Å². The van der Waals surface area contributed by atoms with Crippen LogP contribution in [0.3, 0.4) is 0 Å². The highest BCUT2D eigenvalue weighted by Crippen LogP contribution is 2.68. The summed E-state index contributed by atoms with van der Waals surface area (Å²) in [5.41, 5.74) is 0.894. The lowest BCUT2D eigenvalue weighted by Crippen LogP contribution is -2.42. The van der Waals surface area contributed by atoms with Crippen molar-refractivity contribution in [2.75, 3.05) is 13.7 Å². The number of ether oxygens (including phenoxy) is 1. The monoisotopic (exact) mass is 502 g/mol. The number of carboxylic acids is 1. The highest BCUT2D eigenvalue weighted by atomic mass is 32.2. The van der Waals surface area contributed by atoms with E-state index < -0.39 is 17.8 Å². The van der Waals surface area contributed by atoms with E-state index in [0.717, 1.165) is 38.1 Å². The Morgan fingerprint density at radius 2 is 1.94 bits per heavy atom. The van der Waals surface area contributed by atoms with Gasteiger partial charge in [0, 0.05) is 22.6 Å². The topological polar surface area (TPSA) is 137 Å². The van der Waals surface area contributed by atoms with E-state index in [0.29, 0.717) is 5.75 Å². The van der Waals surface area contributed by atoms with Gasteiger partial charge in [-0.1, -0.05) is 17.4 Å². The van der Waals surface area contributed by atoms with Crippen molar-refractivity contribution in [3.63, 3.8) is 0 Å². The number of phenolic OH excluding ortho intramolecular Hbond substituents is 1. The minimum absolute atomic E-state index is 0.0191. The van der Waals surface area contributed by atoms with Crippen LogP contribution in [-0.2, 0) is 14.4 Å². The third-order valence-corrected chi connectivity index (χ3v) is 10.5. The molecule has 0 unspecified atom stereocenters. The lowest BCUT2D eigenvalue weighted by atomic mass is 9.68. The van der Waals surface area contributed by atoms with Crippen LogP contribution in [0.25, 0.3) is 0 Å². The predicted octanol–water partition coefficient (Wildman–Crippen LogP) is 2.10. The molecule has 6 rings (SSSR count). The SMILES string of the molecule is COc1cc([C@@H]2c3sc(=O)[nH]c3S[C@@H]3[C@H]4C[C@@H]([C@@H]5C(=O)N(CCC(=O)O)C(=O)[C@@H]45)[C@H]23)ccc1O. The van der Waals surface area contributed by atoms with Crippen molar-refractivity contribution in [1.29, 1.82) is 0 Å². The number of aromatic hydroxyl groups is 1. The van der Waals surface area contributed by atoms with E-state index in [1.165, 1.54) is 7.11 Å². The molecule has 178 valence electrons. The Hall–Kier alpha value is -2.79. The number of aromatic amines is 1. The lowest BCUT2D eigenvalue weighted by molar-refractivity contribution is -0.142. The van der Waals surface area contributed by atoms with E-state index in [1.807, 2.05) is 6.07 Å². The van der Waals surface area contributed by atoms with Crippen LogP contribution in [0.5, 0.6) is 11.5 Å². The molecule has 4 aliphatic rings. The van der Waals surface area contributed by atoms with Gasteiger partial charge in [0.05, 0.1) is 30.4 Å². The number of carbonyl (C=O) groups excluding carboxylic acids is 2. The van der Waals surface area contributed by atoms with Gasteiger partial charge in [0.15, 0.2) is 11.5 Å². The van der Waals surface area contributed by atoms with Gasteiger partial charge in [0.1, 0.15) is 0 Å². The van der Waals surface area contributed by atoms with Crippen molar-refractivity contribution in [2.45, 2.75) is 29.0 Å². The third-order valence-electron chi connectivity index (χ3n) is 7.93. The first-order valence-corrected chi connectivity index (χ1v) is 12.8. The molecule has 2 saturated carbocycles. The van der Waals surface area contributed by atoms with E-state index in [4.69, 9.17) is 9.84 Å². The molecule has 3 fully saturated rings. The molecule has 9 nitrogen and oxygen atoms in total. The Labute approximate surface area is 202 Å². The number of phenols is 1. The third kappa shape index (κ3) is 2.92. The first kappa shape index (κ1) is 21.7. The van der Waals surface area contributed by atoms with Crippen molar-refractivity contribution in [2.24, 2.45) is 29.6 Å². The number of imide groups is 1. The van der Waals surface area contributed by atoms with Crippen LogP contribution >= 0.6 is 23.1 Å². The van der Waals surface area contributed by atoms with Gasteiger partial charge in [0.2, 0.25) is 11.8 Å². The zero-order valence-electron chi connectivity index (χ0n) is 18.1. The number of hydrogen-bond acceptors (Lipinski definition) is 8. The van der Waals surface area contributed by atoms with E-state index in [2.05, 4.69) is 4.98 Å². The van der Waals surface area contributed by atoms with Crippen LogP contribution in [0.1, 0.15) is 29.2 Å². The number of aromatic nitrogens is 1. The van der Waals surface area contributed by atoms with Gasteiger partial charge < -0.3 is 19.9 Å². The lowest BCUT2D eigenvalue weighted by Gasteiger charge is -2.43. The number of aliphatic carboxylic acids is 1. The largest absolute Gasteiger partial charge is 0.504 e. The quantitative estimate of drug-likeness (QED) is 0.529. The molecular weight excluding hydrogens is 480 g/mol. The number of hydrogen-bond donors (Lipinski definition) is 3. The maximum absolute atomic E-state index is 13.3. The van der Waals surface area contributed by atoms with Gasteiger partial charge in [0.25, 0.3) is 0 Å². The molecule has 1 saturated heterocycles. The smallest absolute Gasteiger partial charge is 0.305 e. The highest BCUT2D eigenvalue weighted by molar-refractivity contribution is 8.00. The molecular formula is C23H22N2O7S2. The molecule has 1 aromatic heterocycles. The molecule has 3 heterocycles. The van der Waals surface area contributed by atoms with Crippen molar-refractivity contribution in [3.8, 4) is 11.5 Å². The number of H-pyrrole nitrogens is 1. The molecule has 11 heteroatoms. The molecule has 2 aliphatic heterocycles. The van der Waals surface area contributed by atoms with Crippen LogP contribution in [0.2, 0.25) is 0 Å². The number of thioether (sulfide) groups is 1. The summed E-state index contributed by atoms with van der Waals surface area (Å²) in [7, 11) is 1.48. The van der Waals surface area contributed by atoms with Crippen LogP contribution in [-0.4, -0.2) is 56.8 Å². The second-order valence-corrected chi connectivity index (χ2v) is 11.6. The average molecular weight is 503 g/mol. The van der Waals surface area contributed by atoms with Crippen LogP contribution in [0, 0.1) is 29.6 Å². The fourth-order valence-electron chi connectivity index (χ4n) is 6.77. The summed E-state index contributed by atoms with van der Waals surface area (Å²) >= 11 is 2.76. The number of benzene rings is 1. The Kier molecular flexibility index (Phi) is 4.86. The summed E-state index contributed by atoms with van der Waals surface area (Å²) < 4.78 is 5.33. The predicted molar refractivity (Wildman–Crippen MR) is 122 cm³/mol. The number of amides is 2. The Bertz CT molecular complexity index is 1290. The first-order valence-electron chi connectivity index (χ1n) is 11.1. The summed E-state index contributed by atoms with van der Waals surface area (Å²) in [6, 6.07) is 5.19. The van der Waals surface area contributed by atoms with Crippen molar-refractivity contribution in [3.05, 3.63) is 38.3 Å². The molecule has 3 N–H and O–H groups in total. The molecule has 0 radical (unpaired) electrons. The van der Waals surface area contributed by atoms with Gasteiger partial charge in [-0.25, -0.2) is 0 Å². The van der Waals surface area contributed by atoms with Crippen molar-refractivity contribution < 1.29 is 29.3 Å². The molecule has 0 spiro atoms. The number of rotatable bonds is 5. The number of nitrogens with zero attached hydrogens (tertiary/aromatic N) is 1. The molecule has 2 amide bonds. The van der Waals surface area contributed by atoms with Crippen LogP contribution in [0.4, 0.5) is 0 Å². The number of methoxy groups -OCH3 is 1. The summed E-state index contributed by atoms with van der Waals surface area (Å²) in [5.74, 6) is -2.29.